The summed E-state index contributed by atoms with van der Waals surface area (Å²) in [6.07, 6.45) is 0. The molecule has 0 saturated carbocycles. The average Bonchev–Trinajstić information content (AvgIpc) is 3.66. The van der Waals surface area contributed by atoms with Crippen molar-refractivity contribution in [2.45, 2.75) is 0 Å². The Balaban J connectivity index is 1.43. The molecule has 0 atom stereocenters. The molecule has 188 valence electrons. The van der Waals surface area contributed by atoms with E-state index in [-0.39, 0.29) is 0 Å². The van der Waals surface area contributed by atoms with E-state index in [1.165, 1.54) is 10.8 Å². The topological polar surface area (TPSA) is 57.2 Å². The molecule has 40 heavy (non-hydrogen) atoms. The van der Waals surface area contributed by atoms with Gasteiger partial charge in [-0.25, -0.2) is 0 Å². The monoisotopic (exact) mass is 514 g/mol. The normalized spacial score (nSPS) is 12.1. The van der Waals surface area contributed by atoms with Crippen molar-refractivity contribution >= 4 is 71.4 Å². The minimum atomic E-state index is 0.718. The van der Waals surface area contributed by atoms with Gasteiger partial charge in [0.25, 0.3) is 0 Å². The second-order valence-electron chi connectivity index (χ2n) is 10.4. The van der Waals surface area contributed by atoms with Crippen molar-refractivity contribution in [3.05, 3.63) is 121 Å². The molecule has 3 aromatic heterocycles. The van der Waals surface area contributed by atoms with Gasteiger partial charge < -0.3 is 19.1 Å². The molecule has 6 aromatic carbocycles. The molecule has 0 aliphatic rings. The molecule has 3 heterocycles. The number of nitrogen functional groups attached to an aromatic ring is 1. The first kappa shape index (κ1) is 21.5. The molecular formula is C36H22N2O2. The number of furan rings is 2. The number of anilines is 1. The zero-order valence-corrected chi connectivity index (χ0v) is 21.4. The Morgan fingerprint density at radius 2 is 1.18 bits per heavy atom. The SMILES string of the molecule is Nc1ccc(-n2c3ccccc3c3ccc4oc5ccccc5c4c32)c(-c2ccc3oc4ccccc4c3c2)c1. The Labute approximate surface area is 228 Å². The minimum absolute atomic E-state index is 0.718. The molecule has 0 saturated heterocycles. The third-order valence-electron chi connectivity index (χ3n) is 8.12. The zero-order valence-electron chi connectivity index (χ0n) is 21.4. The highest BCUT2D eigenvalue weighted by molar-refractivity contribution is 6.24. The lowest BCUT2D eigenvalue weighted by Gasteiger charge is -2.15. The highest BCUT2D eigenvalue weighted by atomic mass is 16.3. The van der Waals surface area contributed by atoms with E-state index < -0.39 is 0 Å². The highest BCUT2D eigenvalue weighted by Gasteiger charge is 2.21. The van der Waals surface area contributed by atoms with Crippen molar-refractivity contribution in [1.29, 1.82) is 0 Å². The van der Waals surface area contributed by atoms with Gasteiger partial charge in [0.05, 0.1) is 22.1 Å². The van der Waals surface area contributed by atoms with Gasteiger partial charge in [-0.05, 0) is 66.2 Å². The van der Waals surface area contributed by atoms with E-state index in [0.717, 1.165) is 77.4 Å². The number of hydrogen-bond donors (Lipinski definition) is 1. The van der Waals surface area contributed by atoms with Gasteiger partial charge in [0, 0.05) is 38.2 Å². The molecule has 4 heteroatoms. The Kier molecular flexibility index (Phi) is 4.17. The van der Waals surface area contributed by atoms with Crippen molar-refractivity contribution in [3.63, 3.8) is 0 Å². The third kappa shape index (κ3) is 2.85. The lowest BCUT2D eigenvalue weighted by molar-refractivity contribution is 0.668. The first-order chi connectivity index (χ1) is 19.7. The summed E-state index contributed by atoms with van der Waals surface area (Å²) in [7, 11) is 0. The van der Waals surface area contributed by atoms with Crippen LogP contribution in [0.5, 0.6) is 0 Å². The number of nitrogens with two attached hydrogens (primary N) is 1. The molecule has 2 N–H and O–H groups in total. The van der Waals surface area contributed by atoms with Crippen molar-refractivity contribution < 1.29 is 8.83 Å². The van der Waals surface area contributed by atoms with Gasteiger partial charge >= 0.3 is 0 Å². The molecule has 0 fully saturated rings. The number of rotatable bonds is 2. The van der Waals surface area contributed by atoms with Gasteiger partial charge in [-0.15, -0.1) is 0 Å². The number of hydrogen-bond acceptors (Lipinski definition) is 3. The first-order valence-corrected chi connectivity index (χ1v) is 13.4. The molecule has 9 aromatic rings. The maximum absolute atomic E-state index is 6.43. The number of benzene rings is 6. The van der Waals surface area contributed by atoms with Crippen LogP contribution < -0.4 is 5.73 Å². The van der Waals surface area contributed by atoms with Gasteiger partial charge in [0.15, 0.2) is 0 Å². The van der Waals surface area contributed by atoms with Crippen LogP contribution in [0.15, 0.2) is 130 Å². The summed E-state index contributed by atoms with van der Waals surface area (Å²) in [5.41, 5.74) is 16.1. The van der Waals surface area contributed by atoms with Crippen LogP contribution in [0, 0.1) is 0 Å². The lowest BCUT2D eigenvalue weighted by atomic mass is 10.00. The Morgan fingerprint density at radius 1 is 0.500 bits per heavy atom. The van der Waals surface area contributed by atoms with Crippen LogP contribution in [0.25, 0.3) is 82.5 Å². The van der Waals surface area contributed by atoms with Crippen molar-refractivity contribution in [2.24, 2.45) is 0 Å². The molecule has 0 bridgehead atoms. The van der Waals surface area contributed by atoms with Crippen molar-refractivity contribution in [3.8, 4) is 16.8 Å². The molecule has 4 nitrogen and oxygen atoms in total. The van der Waals surface area contributed by atoms with E-state index in [4.69, 9.17) is 14.6 Å². The van der Waals surface area contributed by atoms with Gasteiger partial charge in [-0.3, -0.25) is 0 Å². The summed E-state index contributed by atoms with van der Waals surface area (Å²) in [6, 6.07) is 41.9. The van der Waals surface area contributed by atoms with Crippen LogP contribution in [0.1, 0.15) is 0 Å². The smallest absolute Gasteiger partial charge is 0.137 e. The Morgan fingerprint density at radius 3 is 2.05 bits per heavy atom. The maximum Gasteiger partial charge on any atom is 0.137 e. The fraction of sp³-hybridized carbons (Fsp3) is 0. The Hall–Kier alpha value is -5.48. The average molecular weight is 515 g/mol. The second kappa shape index (κ2) is 7.78. The van der Waals surface area contributed by atoms with Crippen molar-refractivity contribution in [2.75, 3.05) is 5.73 Å². The fourth-order valence-electron chi connectivity index (χ4n) is 6.39. The molecule has 0 aliphatic carbocycles. The molecular weight excluding hydrogens is 492 g/mol. The van der Waals surface area contributed by atoms with E-state index in [1.54, 1.807) is 0 Å². The summed E-state index contributed by atoms with van der Waals surface area (Å²) in [4.78, 5) is 0. The van der Waals surface area contributed by atoms with Crippen LogP contribution >= 0.6 is 0 Å². The predicted octanol–water partition coefficient (Wildman–Crippen LogP) is 9.83. The van der Waals surface area contributed by atoms with Crippen LogP contribution in [0.3, 0.4) is 0 Å². The first-order valence-electron chi connectivity index (χ1n) is 13.4. The molecule has 9 rings (SSSR count). The summed E-state index contributed by atoms with van der Waals surface area (Å²) in [5.74, 6) is 0. The summed E-state index contributed by atoms with van der Waals surface area (Å²) in [6.45, 7) is 0. The number of para-hydroxylation sites is 3. The second-order valence-corrected chi connectivity index (χ2v) is 10.4. The largest absolute Gasteiger partial charge is 0.456 e. The molecule has 0 spiro atoms. The van der Waals surface area contributed by atoms with E-state index >= 15 is 0 Å². The van der Waals surface area contributed by atoms with Gasteiger partial charge in [-0.1, -0.05) is 60.7 Å². The molecule has 0 radical (unpaired) electrons. The van der Waals surface area contributed by atoms with Crippen molar-refractivity contribution in [1.82, 2.24) is 4.57 Å². The number of nitrogens with zero attached hydrogens (tertiary/aromatic N) is 1. The van der Waals surface area contributed by atoms with E-state index in [2.05, 4.69) is 95.6 Å². The van der Waals surface area contributed by atoms with Crippen LogP contribution in [0.2, 0.25) is 0 Å². The quantitative estimate of drug-likeness (QED) is 0.234. The fourth-order valence-corrected chi connectivity index (χ4v) is 6.39. The standard InChI is InChI=1S/C36H22N2O2/c37-22-14-16-30(27(20-22)21-13-17-33-28(19-21)24-8-2-5-11-31(24)39-33)38-29-10-4-1-7-23(29)25-15-18-34-35(36(25)38)26-9-3-6-12-32(26)40-34/h1-20H,37H2. The van der Waals surface area contributed by atoms with E-state index in [0.29, 0.717) is 0 Å². The number of fused-ring (bicyclic) bond motifs is 10. The highest BCUT2D eigenvalue weighted by Crippen LogP contribution is 2.43. The number of aromatic nitrogens is 1. The minimum Gasteiger partial charge on any atom is -0.456 e. The lowest BCUT2D eigenvalue weighted by Crippen LogP contribution is -1.99. The van der Waals surface area contributed by atoms with E-state index in [1.807, 2.05) is 30.3 Å². The van der Waals surface area contributed by atoms with E-state index in [9.17, 15) is 0 Å². The van der Waals surface area contributed by atoms with Crippen LogP contribution in [0.4, 0.5) is 5.69 Å². The van der Waals surface area contributed by atoms with Gasteiger partial charge in [0.2, 0.25) is 0 Å². The van der Waals surface area contributed by atoms with Gasteiger partial charge in [-0.2, -0.15) is 0 Å². The molecule has 0 aliphatic heterocycles. The third-order valence-corrected chi connectivity index (χ3v) is 8.12. The summed E-state index contributed by atoms with van der Waals surface area (Å²) >= 11 is 0. The Bertz CT molecular complexity index is 2460. The maximum atomic E-state index is 6.43. The molecule has 0 amide bonds. The zero-order chi connectivity index (χ0) is 26.4. The summed E-state index contributed by atoms with van der Waals surface area (Å²) in [5, 5.41) is 6.80. The summed E-state index contributed by atoms with van der Waals surface area (Å²) < 4.78 is 14.8. The predicted molar refractivity (Wildman–Crippen MR) is 165 cm³/mol. The van der Waals surface area contributed by atoms with Crippen LogP contribution in [-0.2, 0) is 0 Å². The van der Waals surface area contributed by atoms with Gasteiger partial charge in [0.1, 0.15) is 22.3 Å². The van der Waals surface area contributed by atoms with Crippen LogP contribution in [-0.4, -0.2) is 4.57 Å². The molecule has 0 unspecified atom stereocenters.